The Labute approximate surface area is 96.8 Å². The van der Waals surface area contributed by atoms with Crippen LogP contribution in [0.5, 0.6) is 0 Å². The Morgan fingerprint density at radius 3 is 2.67 bits per heavy atom. The molecule has 0 saturated heterocycles. The number of nitrogens with one attached hydrogen (secondary N) is 1. The van der Waals surface area contributed by atoms with Crippen LogP contribution in [0.15, 0.2) is 18.2 Å². The van der Waals surface area contributed by atoms with Crippen molar-refractivity contribution < 1.29 is 0 Å². The SMILES string of the molecule is CNC(c1cccc(Cl)c1C)C1CCC1. The van der Waals surface area contributed by atoms with Gasteiger partial charge in [0.2, 0.25) is 0 Å². The first-order chi connectivity index (χ1) is 7.24. The van der Waals surface area contributed by atoms with E-state index in [0.717, 1.165) is 10.9 Å². The van der Waals surface area contributed by atoms with Gasteiger partial charge in [0.1, 0.15) is 0 Å². The molecule has 2 rings (SSSR count). The topological polar surface area (TPSA) is 12.0 Å². The summed E-state index contributed by atoms with van der Waals surface area (Å²) in [6, 6.07) is 6.69. The summed E-state index contributed by atoms with van der Waals surface area (Å²) >= 11 is 6.15. The molecular weight excluding hydrogens is 206 g/mol. The summed E-state index contributed by atoms with van der Waals surface area (Å²) in [4.78, 5) is 0. The Morgan fingerprint density at radius 2 is 2.13 bits per heavy atom. The highest BCUT2D eigenvalue weighted by Crippen LogP contribution is 2.39. The van der Waals surface area contributed by atoms with E-state index in [1.165, 1.54) is 30.4 Å². The third-order valence-corrected chi connectivity index (χ3v) is 3.99. The van der Waals surface area contributed by atoms with Crippen molar-refractivity contribution in [2.75, 3.05) is 7.05 Å². The molecule has 0 aliphatic heterocycles. The summed E-state index contributed by atoms with van der Waals surface area (Å²) in [6.45, 7) is 2.11. The van der Waals surface area contributed by atoms with E-state index in [1.807, 2.05) is 19.2 Å². The van der Waals surface area contributed by atoms with Crippen molar-refractivity contribution in [1.82, 2.24) is 5.32 Å². The molecule has 1 saturated carbocycles. The molecule has 1 aromatic rings. The molecule has 0 heterocycles. The Balaban J connectivity index is 2.29. The molecule has 0 aromatic heterocycles. The third kappa shape index (κ3) is 2.04. The Kier molecular flexibility index (Phi) is 3.32. The van der Waals surface area contributed by atoms with Gasteiger partial charge in [0.05, 0.1) is 0 Å². The average Bonchev–Trinajstić information content (AvgIpc) is 2.16. The van der Waals surface area contributed by atoms with E-state index in [1.54, 1.807) is 0 Å². The molecule has 15 heavy (non-hydrogen) atoms. The first kappa shape index (κ1) is 11.0. The van der Waals surface area contributed by atoms with E-state index in [2.05, 4.69) is 18.3 Å². The van der Waals surface area contributed by atoms with Gasteiger partial charge in [-0.15, -0.1) is 0 Å². The summed E-state index contributed by atoms with van der Waals surface area (Å²) < 4.78 is 0. The van der Waals surface area contributed by atoms with Crippen LogP contribution in [0.25, 0.3) is 0 Å². The first-order valence-electron chi connectivity index (χ1n) is 5.66. The summed E-state index contributed by atoms with van der Waals surface area (Å²) in [7, 11) is 2.04. The second-order valence-corrected chi connectivity index (χ2v) is 4.82. The highest BCUT2D eigenvalue weighted by molar-refractivity contribution is 6.31. The molecule has 0 radical (unpaired) electrons. The zero-order valence-corrected chi connectivity index (χ0v) is 10.1. The largest absolute Gasteiger partial charge is 0.313 e. The maximum atomic E-state index is 6.15. The molecule has 1 N–H and O–H groups in total. The monoisotopic (exact) mass is 223 g/mol. The highest BCUT2D eigenvalue weighted by atomic mass is 35.5. The quantitative estimate of drug-likeness (QED) is 0.824. The maximum Gasteiger partial charge on any atom is 0.0438 e. The van der Waals surface area contributed by atoms with Crippen LogP contribution in [0, 0.1) is 12.8 Å². The van der Waals surface area contributed by atoms with Crippen LogP contribution in [0.2, 0.25) is 5.02 Å². The number of hydrogen-bond donors (Lipinski definition) is 1. The first-order valence-corrected chi connectivity index (χ1v) is 6.04. The molecule has 82 valence electrons. The van der Waals surface area contributed by atoms with Gasteiger partial charge < -0.3 is 5.32 Å². The zero-order valence-electron chi connectivity index (χ0n) is 9.39. The van der Waals surface area contributed by atoms with Crippen LogP contribution in [0.3, 0.4) is 0 Å². The molecule has 1 aliphatic carbocycles. The minimum atomic E-state index is 0.484. The molecule has 1 fully saturated rings. The van der Waals surface area contributed by atoms with Crippen LogP contribution < -0.4 is 5.32 Å². The predicted molar refractivity (Wildman–Crippen MR) is 65.3 cm³/mol. The van der Waals surface area contributed by atoms with Gasteiger partial charge in [0.25, 0.3) is 0 Å². The molecule has 0 spiro atoms. The number of halogens is 1. The second-order valence-electron chi connectivity index (χ2n) is 4.41. The van der Waals surface area contributed by atoms with E-state index < -0.39 is 0 Å². The molecule has 1 aliphatic rings. The number of rotatable bonds is 3. The van der Waals surface area contributed by atoms with Gasteiger partial charge in [-0.1, -0.05) is 30.2 Å². The molecule has 1 unspecified atom stereocenters. The van der Waals surface area contributed by atoms with Gasteiger partial charge in [-0.25, -0.2) is 0 Å². The fraction of sp³-hybridized carbons (Fsp3) is 0.538. The van der Waals surface area contributed by atoms with E-state index in [9.17, 15) is 0 Å². The summed E-state index contributed by atoms with van der Waals surface area (Å²) in [5.41, 5.74) is 2.60. The smallest absolute Gasteiger partial charge is 0.0438 e. The third-order valence-electron chi connectivity index (χ3n) is 3.58. The summed E-state index contributed by atoms with van der Waals surface area (Å²) in [6.07, 6.45) is 4.07. The van der Waals surface area contributed by atoms with Gasteiger partial charge in [0.15, 0.2) is 0 Å². The van der Waals surface area contributed by atoms with Gasteiger partial charge >= 0.3 is 0 Å². The Morgan fingerprint density at radius 1 is 1.40 bits per heavy atom. The number of hydrogen-bond acceptors (Lipinski definition) is 1. The summed E-state index contributed by atoms with van der Waals surface area (Å²) in [5.74, 6) is 0.798. The molecule has 1 nitrogen and oxygen atoms in total. The maximum absolute atomic E-state index is 6.15. The summed E-state index contributed by atoms with van der Waals surface area (Å²) in [5, 5.41) is 4.31. The van der Waals surface area contributed by atoms with E-state index >= 15 is 0 Å². The zero-order chi connectivity index (χ0) is 10.8. The molecule has 1 atom stereocenters. The average molecular weight is 224 g/mol. The molecule has 0 bridgehead atoms. The van der Waals surface area contributed by atoms with E-state index in [0.29, 0.717) is 6.04 Å². The lowest BCUT2D eigenvalue weighted by molar-refractivity contribution is 0.239. The van der Waals surface area contributed by atoms with Gasteiger partial charge in [-0.2, -0.15) is 0 Å². The van der Waals surface area contributed by atoms with Crippen LogP contribution in [-0.2, 0) is 0 Å². The van der Waals surface area contributed by atoms with Crippen LogP contribution in [-0.4, -0.2) is 7.05 Å². The Bertz CT molecular complexity index is 344. The van der Waals surface area contributed by atoms with Crippen molar-refractivity contribution in [1.29, 1.82) is 0 Å². The standard InChI is InChI=1S/C13H18ClN/c1-9-11(7-4-8-12(9)14)13(15-2)10-5-3-6-10/h4,7-8,10,13,15H,3,5-6H2,1-2H3. The fourth-order valence-electron chi connectivity index (χ4n) is 2.38. The van der Waals surface area contributed by atoms with Crippen molar-refractivity contribution in [3.05, 3.63) is 34.3 Å². The minimum absolute atomic E-state index is 0.484. The van der Waals surface area contributed by atoms with Crippen molar-refractivity contribution >= 4 is 11.6 Å². The van der Waals surface area contributed by atoms with Gasteiger partial charge in [-0.05, 0) is 49.9 Å². The second kappa shape index (κ2) is 4.54. The normalized spacial score (nSPS) is 18.6. The van der Waals surface area contributed by atoms with Crippen molar-refractivity contribution in [3.63, 3.8) is 0 Å². The highest BCUT2D eigenvalue weighted by Gasteiger charge is 2.28. The Hall–Kier alpha value is -0.530. The van der Waals surface area contributed by atoms with Crippen LogP contribution in [0.4, 0.5) is 0 Å². The fourth-order valence-corrected chi connectivity index (χ4v) is 2.56. The molecule has 1 aromatic carbocycles. The lowest BCUT2D eigenvalue weighted by Crippen LogP contribution is -2.30. The van der Waals surface area contributed by atoms with Gasteiger partial charge in [0, 0.05) is 11.1 Å². The predicted octanol–water partition coefficient (Wildman–Crippen LogP) is 3.71. The van der Waals surface area contributed by atoms with E-state index in [-0.39, 0.29) is 0 Å². The molecule has 0 amide bonds. The minimum Gasteiger partial charge on any atom is -0.313 e. The van der Waals surface area contributed by atoms with Crippen molar-refractivity contribution in [3.8, 4) is 0 Å². The lowest BCUT2D eigenvalue weighted by Gasteiger charge is -2.34. The molecule has 2 heteroatoms. The van der Waals surface area contributed by atoms with Gasteiger partial charge in [-0.3, -0.25) is 0 Å². The lowest BCUT2D eigenvalue weighted by atomic mass is 9.76. The van der Waals surface area contributed by atoms with Crippen LogP contribution >= 0.6 is 11.6 Å². The number of benzene rings is 1. The van der Waals surface area contributed by atoms with Crippen LogP contribution in [0.1, 0.15) is 36.4 Å². The molecular formula is C13H18ClN. The van der Waals surface area contributed by atoms with Crippen molar-refractivity contribution in [2.24, 2.45) is 5.92 Å². The van der Waals surface area contributed by atoms with Crippen molar-refractivity contribution in [2.45, 2.75) is 32.2 Å². The van der Waals surface area contributed by atoms with E-state index in [4.69, 9.17) is 11.6 Å².